The van der Waals surface area contributed by atoms with Gasteiger partial charge in [0, 0.05) is 6.07 Å². The number of hydrogen-bond donors (Lipinski definition) is 2. The average Bonchev–Trinajstić information content (AvgIpc) is 2.00. The number of rotatable bonds is 2. The molecule has 1 aromatic rings. The van der Waals surface area contributed by atoms with Crippen molar-refractivity contribution in [2.24, 2.45) is 0 Å². The van der Waals surface area contributed by atoms with Gasteiger partial charge in [-0.05, 0) is 5.75 Å². The zero-order chi connectivity index (χ0) is 9.14. The van der Waals surface area contributed by atoms with E-state index in [1.54, 1.807) is 0 Å². The van der Waals surface area contributed by atoms with E-state index in [0.29, 0.717) is 4.73 Å². The van der Waals surface area contributed by atoms with Crippen LogP contribution in [0, 0.1) is 0 Å². The first-order valence-electron chi connectivity index (χ1n) is 3.36. The first kappa shape index (κ1) is 8.92. The molecule has 0 aliphatic rings. The number of hydrogen-bond acceptors (Lipinski definition) is 5. The molecule has 0 aromatic carbocycles. The van der Waals surface area contributed by atoms with Crippen molar-refractivity contribution < 1.29 is 5.21 Å². The van der Waals surface area contributed by atoms with Gasteiger partial charge in [0.15, 0.2) is 0 Å². The van der Waals surface area contributed by atoms with Gasteiger partial charge in [0.1, 0.15) is 5.82 Å². The minimum atomic E-state index is -0.436. The summed E-state index contributed by atoms with van der Waals surface area (Å²) in [5.41, 5.74) is 4.88. The molecule has 0 fully saturated rings. The van der Waals surface area contributed by atoms with E-state index >= 15 is 0 Å². The molecule has 12 heavy (non-hydrogen) atoms. The molecule has 1 heterocycles. The SMILES string of the molecule is CCSc1nc(=O)cc(N)n1O. The van der Waals surface area contributed by atoms with Crippen molar-refractivity contribution in [1.29, 1.82) is 0 Å². The number of nitrogens with zero attached hydrogens (tertiary/aromatic N) is 2. The van der Waals surface area contributed by atoms with E-state index in [-0.39, 0.29) is 11.0 Å². The van der Waals surface area contributed by atoms with Gasteiger partial charge < -0.3 is 10.9 Å². The summed E-state index contributed by atoms with van der Waals surface area (Å²) >= 11 is 1.25. The van der Waals surface area contributed by atoms with Gasteiger partial charge in [0.2, 0.25) is 5.16 Å². The molecule has 1 aromatic heterocycles. The quantitative estimate of drug-likeness (QED) is 0.392. The molecule has 0 spiro atoms. The van der Waals surface area contributed by atoms with Crippen LogP contribution in [0.15, 0.2) is 16.0 Å². The van der Waals surface area contributed by atoms with Crippen molar-refractivity contribution in [2.45, 2.75) is 12.1 Å². The molecule has 0 amide bonds. The van der Waals surface area contributed by atoms with Crippen LogP contribution in [-0.2, 0) is 0 Å². The summed E-state index contributed by atoms with van der Waals surface area (Å²) in [5.74, 6) is 0.724. The smallest absolute Gasteiger partial charge is 0.275 e. The van der Waals surface area contributed by atoms with Crippen LogP contribution in [0.25, 0.3) is 0 Å². The molecule has 0 radical (unpaired) electrons. The number of nitrogen functional groups attached to an aromatic ring is 1. The summed E-state index contributed by atoms with van der Waals surface area (Å²) in [6.45, 7) is 1.89. The largest absolute Gasteiger partial charge is 0.424 e. The topological polar surface area (TPSA) is 81.1 Å². The van der Waals surface area contributed by atoms with E-state index in [1.807, 2.05) is 6.92 Å². The zero-order valence-electron chi connectivity index (χ0n) is 6.52. The van der Waals surface area contributed by atoms with Crippen LogP contribution in [0.5, 0.6) is 0 Å². The molecule has 0 saturated carbocycles. The highest BCUT2D eigenvalue weighted by Gasteiger charge is 2.04. The van der Waals surface area contributed by atoms with Gasteiger partial charge in [-0.2, -0.15) is 4.98 Å². The van der Waals surface area contributed by atoms with E-state index in [9.17, 15) is 10.0 Å². The van der Waals surface area contributed by atoms with Gasteiger partial charge in [0.05, 0.1) is 0 Å². The minimum absolute atomic E-state index is 0.00551. The minimum Gasteiger partial charge on any atom is -0.424 e. The molecule has 0 unspecified atom stereocenters. The van der Waals surface area contributed by atoms with Gasteiger partial charge in [-0.15, -0.1) is 4.73 Å². The van der Waals surface area contributed by atoms with Crippen LogP contribution in [0.3, 0.4) is 0 Å². The van der Waals surface area contributed by atoms with E-state index in [4.69, 9.17) is 5.73 Å². The number of nitrogens with two attached hydrogens (primary N) is 1. The molecule has 0 atom stereocenters. The molecular weight excluding hydrogens is 178 g/mol. The van der Waals surface area contributed by atoms with Crippen molar-refractivity contribution in [1.82, 2.24) is 9.71 Å². The van der Waals surface area contributed by atoms with E-state index in [1.165, 1.54) is 11.8 Å². The zero-order valence-corrected chi connectivity index (χ0v) is 7.34. The van der Waals surface area contributed by atoms with Crippen molar-refractivity contribution >= 4 is 17.6 Å². The maximum atomic E-state index is 10.8. The molecule has 0 aliphatic carbocycles. The normalized spacial score (nSPS) is 10.1. The Balaban J connectivity index is 3.18. The van der Waals surface area contributed by atoms with Crippen LogP contribution in [-0.4, -0.2) is 20.7 Å². The summed E-state index contributed by atoms with van der Waals surface area (Å²) in [4.78, 5) is 14.4. The molecule has 66 valence electrons. The third kappa shape index (κ3) is 1.70. The van der Waals surface area contributed by atoms with Crippen molar-refractivity contribution in [2.75, 3.05) is 11.5 Å². The van der Waals surface area contributed by atoms with Gasteiger partial charge in [0.25, 0.3) is 5.56 Å². The lowest BCUT2D eigenvalue weighted by Crippen LogP contribution is -2.15. The Morgan fingerprint density at radius 1 is 1.83 bits per heavy atom. The fourth-order valence-electron chi connectivity index (χ4n) is 0.695. The van der Waals surface area contributed by atoms with Crippen molar-refractivity contribution in [3.05, 3.63) is 16.4 Å². The molecule has 3 N–H and O–H groups in total. The predicted molar refractivity (Wildman–Crippen MR) is 46.5 cm³/mol. The highest BCUT2D eigenvalue weighted by atomic mass is 32.2. The third-order valence-electron chi connectivity index (χ3n) is 1.18. The molecule has 6 heteroatoms. The second-order valence-corrected chi connectivity index (χ2v) is 3.28. The first-order valence-corrected chi connectivity index (χ1v) is 4.35. The summed E-state index contributed by atoms with van der Waals surface area (Å²) in [7, 11) is 0. The molecule has 0 saturated heterocycles. The van der Waals surface area contributed by atoms with E-state index < -0.39 is 5.56 Å². The van der Waals surface area contributed by atoms with Gasteiger partial charge in [-0.3, -0.25) is 4.79 Å². The fraction of sp³-hybridized carbons (Fsp3) is 0.333. The lowest BCUT2D eigenvalue weighted by Gasteiger charge is -2.05. The maximum Gasteiger partial charge on any atom is 0.275 e. The molecule has 0 bridgehead atoms. The van der Waals surface area contributed by atoms with Gasteiger partial charge in [-0.25, -0.2) is 0 Å². The second kappa shape index (κ2) is 3.48. The fourth-order valence-corrected chi connectivity index (χ4v) is 1.33. The lowest BCUT2D eigenvalue weighted by atomic mass is 10.6. The molecular formula is C6H9N3O2S. The Bertz CT molecular complexity index is 336. The lowest BCUT2D eigenvalue weighted by molar-refractivity contribution is 0.159. The molecule has 5 nitrogen and oxygen atoms in total. The summed E-state index contributed by atoms with van der Waals surface area (Å²) in [6.07, 6.45) is 0. The first-order chi connectivity index (χ1) is 5.65. The Morgan fingerprint density at radius 3 is 3.08 bits per heavy atom. The standard InChI is InChI=1S/C6H9N3O2S/c1-2-12-6-8-5(10)3-4(7)9(6)11/h3,11H,2,7H2,1H3. The molecule has 1 rings (SSSR count). The number of anilines is 1. The Morgan fingerprint density at radius 2 is 2.50 bits per heavy atom. The predicted octanol–water partition coefficient (Wildman–Crippen LogP) is 0.175. The van der Waals surface area contributed by atoms with Crippen molar-refractivity contribution in [3.8, 4) is 0 Å². The second-order valence-electron chi connectivity index (χ2n) is 2.05. The third-order valence-corrected chi connectivity index (χ3v) is 1.99. The van der Waals surface area contributed by atoms with Crippen molar-refractivity contribution in [3.63, 3.8) is 0 Å². The van der Waals surface area contributed by atoms with E-state index in [2.05, 4.69) is 4.98 Å². The van der Waals surface area contributed by atoms with Gasteiger partial charge in [-0.1, -0.05) is 18.7 Å². The Labute approximate surface area is 73.2 Å². The van der Waals surface area contributed by atoms with Crippen LogP contribution in [0.2, 0.25) is 0 Å². The summed E-state index contributed by atoms with van der Waals surface area (Å²) in [5, 5.41) is 9.45. The summed E-state index contributed by atoms with van der Waals surface area (Å²) < 4.78 is 0.704. The average molecular weight is 187 g/mol. The highest BCUT2D eigenvalue weighted by Crippen LogP contribution is 2.13. The maximum absolute atomic E-state index is 10.8. The highest BCUT2D eigenvalue weighted by molar-refractivity contribution is 7.99. The van der Waals surface area contributed by atoms with Crippen LogP contribution >= 0.6 is 11.8 Å². The van der Waals surface area contributed by atoms with Crippen LogP contribution < -0.4 is 11.3 Å². The molecule has 0 aliphatic heterocycles. The van der Waals surface area contributed by atoms with E-state index in [0.717, 1.165) is 11.8 Å². The van der Waals surface area contributed by atoms with Gasteiger partial charge >= 0.3 is 0 Å². The monoisotopic (exact) mass is 187 g/mol. The summed E-state index contributed by atoms with van der Waals surface area (Å²) in [6, 6.07) is 1.07. The number of aromatic nitrogens is 2. The van der Waals surface area contributed by atoms with Crippen LogP contribution in [0.1, 0.15) is 6.92 Å². The Hall–Kier alpha value is -1.17. The van der Waals surface area contributed by atoms with Crippen LogP contribution in [0.4, 0.5) is 5.82 Å². The number of thioether (sulfide) groups is 1. The Kier molecular flexibility index (Phi) is 2.59.